The molecule has 3 N–H and O–H groups in total. The summed E-state index contributed by atoms with van der Waals surface area (Å²) < 4.78 is 10.7. The highest BCUT2D eigenvalue weighted by Crippen LogP contribution is 2.29. The monoisotopic (exact) mass is 380 g/mol. The number of carbonyl (C=O) groups excluding carboxylic acids is 2. The van der Waals surface area contributed by atoms with Gasteiger partial charge in [0.15, 0.2) is 0 Å². The van der Waals surface area contributed by atoms with Gasteiger partial charge in [-0.05, 0) is 38.3 Å². The maximum atomic E-state index is 12.8. The third-order valence-electron chi connectivity index (χ3n) is 4.44. The van der Waals surface area contributed by atoms with Gasteiger partial charge in [-0.3, -0.25) is 0 Å². The molecule has 0 saturated heterocycles. The molecule has 6 nitrogen and oxygen atoms in total. The average molecular weight is 381 g/mol. The van der Waals surface area contributed by atoms with Crippen LogP contribution in [-0.2, 0) is 20.9 Å². The normalized spacial score (nSPS) is 13.6. The topological polar surface area (TPSA) is 90.6 Å². The summed E-state index contributed by atoms with van der Waals surface area (Å²) in [5.41, 5.74) is 6.49. The van der Waals surface area contributed by atoms with E-state index in [4.69, 9.17) is 15.2 Å². The van der Waals surface area contributed by atoms with Crippen molar-refractivity contribution in [3.05, 3.63) is 35.9 Å². The van der Waals surface area contributed by atoms with Crippen LogP contribution in [0.1, 0.15) is 31.7 Å². The van der Waals surface area contributed by atoms with Crippen LogP contribution in [-0.4, -0.2) is 38.5 Å². The summed E-state index contributed by atoms with van der Waals surface area (Å²) >= 11 is 0. The standard InChI is InChI=1S/C19H32N2O4Si/c1-5-24-17(22)19(26(2,3)4,13-9-10-14-20)21-18(23)25-15-16-11-7-6-8-12-16/h6-8,11-12H,5,9-10,13-15,20H2,1-4H3,(H,21,23)/t19-/m1/s1. The van der Waals surface area contributed by atoms with E-state index in [1.165, 1.54) is 0 Å². The Morgan fingerprint density at radius 1 is 1.12 bits per heavy atom. The summed E-state index contributed by atoms with van der Waals surface area (Å²) in [5, 5.41) is 1.83. The summed E-state index contributed by atoms with van der Waals surface area (Å²) in [6.07, 6.45) is 1.42. The van der Waals surface area contributed by atoms with Crippen molar-refractivity contribution >= 4 is 20.1 Å². The van der Waals surface area contributed by atoms with Crippen molar-refractivity contribution in [2.24, 2.45) is 5.73 Å². The van der Waals surface area contributed by atoms with E-state index in [-0.39, 0.29) is 19.2 Å². The molecule has 0 fully saturated rings. The first-order valence-corrected chi connectivity index (χ1v) is 12.6. The lowest BCUT2D eigenvalue weighted by atomic mass is 10.1. The first-order chi connectivity index (χ1) is 12.3. The average Bonchev–Trinajstić information content (AvgIpc) is 2.59. The minimum Gasteiger partial charge on any atom is -0.464 e. The van der Waals surface area contributed by atoms with Gasteiger partial charge < -0.3 is 20.5 Å². The second-order valence-corrected chi connectivity index (χ2v) is 12.7. The molecule has 0 aliphatic heterocycles. The van der Waals surface area contributed by atoms with Gasteiger partial charge in [0.05, 0.1) is 14.7 Å². The molecule has 0 radical (unpaired) electrons. The maximum absolute atomic E-state index is 12.8. The van der Waals surface area contributed by atoms with Crippen molar-refractivity contribution in [2.75, 3.05) is 13.2 Å². The van der Waals surface area contributed by atoms with Gasteiger partial charge in [0.2, 0.25) is 0 Å². The maximum Gasteiger partial charge on any atom is 0.408 e. The van der Waals surface area contributed by atoms with Gasteiger partial charge in [0, 0.05) is 0 Å². The Bertz CT molecular complexity index is 575. The number of amides is 1. The molecule has 7 heteroatoms. The summed E-state index contributed by atoms with van der Waals surface area (Å²) in [7, 11) is -2.19. The number of unbranched alkanes of at least 4 members (excludes halogenated alkanes) is 1. The number of benzene rings is 1. The van der Waals surface area contributed by atoms with Crippen LogP contribution in [0.25, 0.3) is 0 Å². The van der Waals surface area contributed by atoms with Crippen molar-refractivity contribution in [2.45, 2.75) is 57.6 Å². The fourth-order valence-electron chi connectivity index (χ4n) is 2.81. The molecule has 0 heterocycles. The zero-order chi connectivity index (χ0) is 19.6. The predicted octanol–water partition coefficient (Wildman–Crippen LogP) is 3.22. The molecule has 1 amide bonds. The number of hydrogen-bond acceptors (Lipinski definition) is 5. The zero-order valence-electron chi connectivity index (χ0n) is 16.3. The molecule has 1 aromatic carbocycles. The van der Waals surface area contributed by atoms with Crippen LogP contribution >= 0.6 is 0 Å². The molecular weight excluding hydrogens is 348 g/mol. The number of rotatable bonds is 10. The Morgan fingerprint density at radius 2 is 1.77 bits per heavy atom. The molecule has 0 aromatic heterocycles. The number of esters is 1. The van der Waals surface area contributed by atoms with E-state index in [0.717, 1.165) is 18.4 Å². The van der Waals surface area contributed by atoms with Crippen LogP contribution in [0.2, 0.25) is 19.6 Å². The van der Waals surface area contributed by atoms with Crippen LogP contribution in [0.15, 0.2) is 30.3 Å². The van der Waals surface area contributed by atoms with Gasteiger partial charge >= 0.3 is 12.1 Å². The Hall–Kier alpha value is -1.86. The lowest BCUT2D eigenvalue weighted by Crippen LogP contribution is -2.68. The van der Waals surface area contributed by atoms with Gasteiger partial charge in [0.1, 0.15) is 11.8 Å². The fourth-order valence-corrected chi connectivity index (χ4v) is 4.89. The van der Waals surface area contributed by atoms with E-state index < -0.39 is 19.3 Å². The van der Waals surface area contributed by atoms with E-state index in [1.807, 2.05) is 50.0 Å². The first kappa shape index (κ1) is 22.2. The molecule has 0 aliphatic rings. The lowest BCUT2D eigenvalue weighted by molar-refractivity contribution is -0.148. The Morgan fingerprint density at radius 3 is 2.31 bits per heavy atom. The molecule has 0 bridgehead atoms. The Labute approximate surface area is 157 Å². The minimum absolute atomic E-state index is 0.153. The quantitative estimate of drug-likeness (QED) is 0.369. The molecule has 0 saturated carbocycles. The molecule has 0 spiro atoms. The van der Waals surface area contributed by atoms with Crippen LogP contribution in [0.3, 0.4) is 0 Å². The van der Waals surface area contributed by atoms with Gasteiger partial charge in [-0.25, -0.2) is 9.59 Å². The smallest absolute Gasteiger partial charge is 0.408 e. The van der Waals surface area contributed by atoms with Gasteiger partial charge in [-0.2, -0.15) is 0 Å². The molecule has 1 rings (SSSR count). The fraction of sp³-hybridized carbons (Fsp3) is 0.579. The van der Waals surface area contributed by atoms with Crippen molar-refractivity contribution in [1.29, 1.82) is 0 Å². The largest absolute Gasteiger partial charge is 0.464 e. The second-order valence-electron chi connectivity index (χ2n) is 7.31. The van der Waals surface area contributed by atoms with Crippen molar-refractivity contribution in [1.82, 2.24) is 5.32 Å². The molecule has 1 atom stereocenters. The zero-order valence-corrected chi connectivity index (χ0v) is 17.3. The highest BCUT2D eigenvalue weighted by molar-refractivity contribution is 6.82. The second kappa shape index (κ2) is 10.3. The SMILES string of the molecule is CCOC(=O)[C@](CCCCN)(NC(=O)OCc1ccccc1)[Si](C)(C)C. The molecule has 146 valence electrons. The highest BCUT2D eigenvalue weighted by atomic mass is 28.3. The van der Waals surface area contributed by atoms with Crippen LogP contribution < -0.4 is 11.1 Å². The molecule has 26 heavy (non-hydrogen) atoms. The van der Waals surface area contributed by atoms with E-state index in [9.17, 15) is 9.59 Å². The van der Waals surface area contributed by atoms with Gasteiger partial charge in [-0.15, -0.1) is 0 Å². The summed E-state index contributed by atoms with van der Waals surface area (Å²) in [6.45, 7) is 8.86. The van der Waals surface area contributed by atoms with Crippen molar-refractivity contribution in [3.63, 3.8) is 0 Å². The first-order valence-electron chi connectivity index (χ1n) is 9.13. The van der Waals surface area contributed by atoms with Crippen LogP contribution in [0, 0.1) is 0 Å². The summed E-state index contributed by atoms with van der Waals surface area (Å²) in [5.74, 6) is -0.382. The van der Waals surface area contributed by atoms with Crippen LogP contribution in [0.4, 0.5) is 4.79 Å². The predicted molar refractivity (Wildman–Crippen MR) is 105 cm³/mol. The molecular formula is C19H32N2O4Si. The third-order valence-corrected chi connectivity index (χ3v) is 7.58. The van der Waals surface area contributed by atoms with E-state index in [1.54, 1.807) is 6.92 Å². The lowest BCUT2D eigenvalue weighted by Gasteiger charge is -2.41. The highest BCUT2D eigenvalue weighted by Gasteiger charge is 2.52. The van der Waals surface area contributed by atoms with Gasteiger partial charge in [-0.1, -0.05) is 50.0 Å². The number of alkyl carbamates (subject to hydrolysis) is 1. The third kappa shape index (κ3) is 6.14. The number of hydrogen-bond donors (Lipinski definition) is 2. The number of nitrogens with two attached hydrogens (primary N) is 1. The molecule has 1 aromatic rings. The van der Waals surface area contributed by atoms with Gasteiger partial charge in [0.25, 0.3) is 0 Å². The van der Waals surface area contributed by atoms with Crippen molar-refractivity contribution in [3.8, 4) is 0 Å². The van der Waals surface area contributed by atoms with E-state index >= 15 is 0 Å². The Kier molecular flexibility index (Phi) is 8.81. The molecule has 0 unspecified atom stereocenters. The number of carbonyl (C=O) groups is 2. The minimum atomic E-state index is -2.19. The van der Waals surface area contributed by atoms with Crippen molar-refractivity contribution < 1.29 is 19.1 Å². The Balaban J connectivity index is 2.93. The summed E-state index contributed by atoms with van der Waals surface area (Å²) in [4.78, 5) is 25.3. The molecule has 0 aliphatic carbocycles. The summed E-state index contributed by atoms with van der Waals surface area (Å²) in [6, 6.07) is 9.43. The van der Waals surface area contributed by atoms with E-state index in [0.29, 0.717) is 13.0 Å². The number of ether oxygens (including phenoxy) is 2. The number of nitrogens with one attached hydrogen (secondary N) is 1. The van der Waals surface area contributed by atoms with Crippen LogP contribution in [0.5, 0.6) is 0 Å². The van der Waals surface area contributed by atoms with E-state index in [2.05, 4.69) is 5.32 Å².